The highest BCUT2D eigenvalue weighted by Gasteiger charge is 2.24. The number of carbonyl (C=O) groups excluding carboxylic acids is 2. The van der Waals surface area contributed by atoms with Crippen LogP contribution in [0.2, 0.25) is 0 Å². The predicted molar refractivity (Wildman–Crippen MR) is 71.9 cm³/mol. The maximum atomic E-state index is 11.5. The molecule has 0 saturated heterocycles. The average Bonchev–Trinajstić information content (AvgIpc) is 2.62. The van der Waals surface area contributed by atoms with Crippen molar-refractivity contribution in [3.8, 4) is 0 Å². The lowest BCUT2D eigenvalue weighted by Crippen LogP contribution is -2.16. The van der Waals surface area contributed by atoms with Crippen LogP contribution in [0.4, 0.5) is 10.7 Å². The summed E-state index contributed by atoms with van der Waals surface area (Å²) in [4.78, 5) is 23.0. The van der Waals surface area contributed by atoms with Crippen LogP contribution < -0.4 is 16.8 Å². The van der Waals surface area contributed by atoms with Crippen LogP contribution in [0.25, 0.3) is 0 Å². The van der Waals surface area contributed by atoms with Gasteiger partial charge in [-0.25, -0.2) is 4.79 Å². The van der Waals surface area contributed by atoms with Crippen molar-refractivity contribution in [2.24, 2.45) is 11.7 Å². The van der Waals surface area contributed by atoms with E-state index in [-0.39, 0.29) is 16.1 Å². The van der Waals surface area contributed by atoms with Gasteiger partial charge in [-0.05, 0) is 5.92 Å². The zero-order chi connectivity index (χ0) is 13.9. The molecule has 0 aromatic carbocycles. The number of amides is 1. The molecular formula is C11H17N3O3S. The Hall–Kier alpha value is -1.76. The molecule has 0 bridgehead atoms. The number of ether oxygens (including phenoxy) is 1. The van der Waals surface area contributed by atoms with Gasteiger partial charge >= 0.3 is 5.97 Å². The van der Waals surface area contributed by atoms with Crippen molar-refractivity contribution in [2.75, 3.05) is 24.7 Å². The van der Waals surface area contributed by atoms with Crippen molar-refractivity contribution < 1.29 is 14.3 Å². The minimum Gasteiger partial charge on any atom is -0.465 e. The summed E-state index contributed by atoms with van der Waals surface area (Å²) in [5, 5.41) is 3.57. The number of primary amides is 1. The van der Waals surface area contributed by atoms with E-state index >= 15 is 0 Å². The van der Waals surface area contributed by atoms with Crippen LogP contribution >= 0.6 is 11.3 Å². The van der Waals surface area contributed by atoms with Gasteiger partial charge in [0.2, 0.25) is 0 Å². The third-order valence-electron chi connectivity index (χ3n) is 2.23. The van der Waals surface area contributed by atoms with Crippen LogP contribution in [0.5, 0.6) is 0 Å². The molecule has 7 heteroatoms. The number of rotatable bonds is 5. The van der Waals surface area contributed by atoms with Gasteiger partial charge in [0, 0.05) is 6.54 Å². The highest BCUT2D eigenvalue weighted by atomic mass is 32.1. The Balaban J connectivity index is 3.15. The van der Waals surface area contributed by atoms with E-state index < -0.39 is 11.9 Å². The highest BCUT2D eigenvalue weighted by Crippen LogP contribution is 2.35. The maximum Gasteiger partial charge on any atom is 0.350 e. The van der Waals surface area contributed by atoms with Gasteiger partial charge in [0.25, 0.3) is 5.91 Å². The summed E-state index contributed by atoms with van der Waals surface area (Å²) in [5.41, 5.74) is 11.3. The Morgan fingerprint density at radius 1 is 1.44 bits per heavy atom. The molecular weight excluding hydrogens is 254 g/mol. The number of carbonyl (C=O) groups is 2. The SMILES string of the molecule is COC(=O)c1sc(NCC(C)C)c(C(N)=O)c1N. The van der Waals surface area contributed by atoms with Crippen molar-refractivity contribution in [3.05, 3.63) is 10.4 Å². The molecule has 0 aliphatic heterocycles. The average molecular weight is 271 g/mol. The first-order valence-electron chi connectivity index (χ1n) is 5.42. The lowest BCUT2D eigenvalue weighted by molar-refractivity contribution is 0.0607. The largest absolute Gasteiger partial charge is 0.465 e. The molecule has 6 nitrogen and oxygen atoms in total. The summed E-state index contributed by atoms with van der Waals surface area (Å²) in [6.45, 7) is 4.70. The number of methoxy groups -OCH3 is 1. The number of hydrogen-bond donors (Lipinski definition) is 3. The zero-order valence-electron chi connectivity index (χ0n) is 10.6. The fourth-order valence-electron chi connectivity index (χ4n) is 1.35. The number of anilines is 2. The Morgan fingerprint density at radius 3 is 2.50 bits per heavy atom. The molecule has 18 heavy (non-hydrogen) atoms. The van der Waals surface area contributed by atoms with Gasteiger partial charge in [-0.3, -0.25) is 4.79 Å². The Bertz CT molecular complexity index is 468. The summed E-state index contributed by atoms with van der Waals surface area (Å²) >= 11 is 1.08. The third kappa shape index (κ3) is 2.92. The first-order chi connectivity index (χ1) is 8.38. The molecule has 1 heterocycles. The highest BCUT2D eigenvalue weighted by molar-refractivity contribution is 7.19. The molecule has 1 rings (SSSR count). The zero-order valence-corrected chi connectivity index (χ0v) is 11.4. The van der Waals surface area contributed by atoms with E-state index in [0.717, 1.165) is 11.3 Å². The van der Waals surface area contributed by atoms with E-state index in [1.807, 2.05) is 13.8 Å². The van der Waals surface area contributed by atoms with Gasteiger partial charge < -0.3 is 21.5 Å². The number of nitrogens with one attached hydrogen (secondary N) is 1. The quantitative estimate of drug-likeness (QED) is 0.699. The molecule has 5 N–H and O–H groups in total. The molecule has 0 fully saturated rings. The summed E-state index contributed by atoms with van der Waals surface area (Å²) in [7, 11) is 1.26. The lowest BCUT2D eigenvalue weighted by atomic mass is 10.2. The summed E-state index contributed by atoms with van der Waals surface area (Å²) in [5.74, 6) is -0.849. The molecule has 0 radical (unpaired) electrons. The van der Waals surface area contributed by atoms with Gasteiger partial charge in [-0.1, -0.05) is 13.8 Å². The fraction of sp³-hybridized carbons (Fsp3) is 0.455. The first-order valence-corrected chi connectivity index (χ1v) is 6.24. The number of esters is 1. The molecule has 1 amide bonds. The van der Waals surface area contributed by atoms with Crippen LogP contribution in [0.3, 0.4) is 0 Å². The maximum absolute atomic E-state index is 11.5. The third-order valence-corrected chi connectivity index (χ3v) is 3.38. The van der Waals surface area contributed by atoms with Gasteiger partial charge in [0.05, 0.1) is 18.4 Å². The normalized spacial score (nSPS) is 10.4. The van der Waals surface area contributed by atoms with Crippen molar-refractivity contribution in [3.63, 3.8) is 0 Å². The second-order valence-corrected chi connectivity index (χ2v) is 5.20. The van der Waals surface area contributed by atoms with Crippen molar-refractivity contribution in [2.45, 2.75) is 13.8 Å². The molecule has 0 unspecified atom stereocenters. The minimum absolute atomic E-state index is 0.0746. The summed E-state index contributed by atoms with van der Waals surface area (Å²) in [6.07, 6.45) is 0. The first kappa shape index (κ1) is 14.3. The van der Waals surface area contributed by atoms with E-state index in [9.17, 15) is 9.59 Å². The summed E-state index contributed by atoms with van der Waals surface area (Å²) < 4.78 is 4.60. The molecule has 0 aliphatic carbocycles. The second-order valence-electron chi connectivity index (χ2n) is 4.18. The minimum atomic E-state index is -0.662. The van der Waals surface area contributed by atoms with Gasteiger partial charge in [0.1, 0.15) is 9.88 Å². The lowest BCUT2D eigenvalue weighted by Gasteiger charge is -2.07. The second kappa shape index (κ2) is 5.72. The molecule has 0 saturated carbocycles. The topological polar surface area (TPSA) is 107 Å². The number of nitrogens with two attached hydrogens (primary N) is 2. The van der Waals surface area contributed by atoms with Crippen LogP contribution in [0, 0.1) is 5.92 Å². The predicted octanol–water partition coefficient (Wildman–Crippen LogP) is 1.28. The number of nitrogen functional groups attached to an aromatic ring is 1. The van der Waals surface area contributed by atoms with E-state index in [1.165, 1.54) is 7.11 Å². The Labute approximate surface area is 109 Å². The molecule has 0 atom stereocenters. The van der Waals surface area contributed by atoms with Crippen LogP contribution in [0.15, 0.2) is 0 Å². The van der Waals surface area contributed by atoms with Crippen molar-refractivity contribution in [1.82, 2.24) is 0 Å². The van der Waals surface area contributed by atoms with Crippen LogP contribution in [-0.2, 0) is 4.74 Å². The van der Waals surface area contributed by atoms with Gasteiger partial charge in [0.15, 0.2) is 0 Å². The van der Waals surface area contributed by atoms with Crippen LogP contribution in [0.1, 0.15) is 33.9 Å². The molecule has 0 spiro atoms. The Kier molecular flexibility index (Phi) is 4.55. The molecule has 1 aromatic rings. The van der Waals surface area contributed by atoms with Crippen molar-refractivity contribution >= 4 is 33.9 Å². The monoisotopic (exact) mass is 271 g/mol. The van der Waals surface area contributed by atoms with Crippen molar-refractivity contribution in [1.29, 1.82) is 0 Å². The number of thiophene rings is 1. The Morgan fingerprint density at radius 2 is 2.06 bits per heavy atom. The number of hydrogen-bond acceptors (Lipinski definition) is 6. The molecule has 1 aromatic heterocycles. The smallest absolute Gasteiger partial charge is 0.350 e. The summed E-state index contributed by atoms with van der Waals surface area (Å²) in [6, 6.07) is 0. The molecule has 0 aliphatic rings. The standard InChI is InChI=1S/C11H17N3O3S/c1-5(2)4-14-10-6(9(13)15)7(12)8(18-10)11(16)17-3/h5,14H,4,12H2,1-3H3,(H2,13,15). The van der Waals surface area contributed by atoms with E-state index in [4.69, 9.17) is 11.5 Å². The molecule has 100 valence electrons. The van der Waals surface area contributed by atoms with Crippen LogP contribution in [-0.4, -0.2) is 25.5 Å². The van der Waals surface area contributed by atoms with Gasteiger partial charge in [-0.2, -0.15) is 0 Å². The van der Waals surface area contributed by atoms with E-state index in [2.05, 4.69) is 10.1 Å². The fourth-order valence-corrected chi connectivity index (χ4v) is 2.41. The van der Waals surface area contributed by atoms with E-state index in [0.29, 0.717) is 17.5 Å². The van der Waals surface area contributed by atoms with E-state index in [1.54, 1.807) is 0 Å². The van der Waals surface area contributed by atoms with Gasteiger partial charge in [-0.15, -0.1) is 11.3 Å².